The van der Waals surface area contributed by atoms with Crippen LogP contribution in [0.1, 0.15) is 11.1 Å². The molecule has 0 bridgehead atoms. The van der Waals surface area contributed by atoms with Crippen molar-refractivity contribution in [3.63, 3.8) is 0 Å². The number of fused-ring (bicyclic) bond motifs is 6. The van der Waals surface area contributed by atoms with E-state index in [0.717, 1.165) is 61.3 Å². The number of hydrogen-bond acceptors (Lipinski definition) is 3. The maximum absolute atomic E-state index is 5.21. The summed E-state index contributed by atoms with van der Waals surface area (Å²) in [5, 5.41) is 4.58. The van der Waals surface area contributed by atoms with Gasteiger partial charge in [-0.2, -0.15) is 9.97 Å². The standard InChI is InChI=1S/C52H35N5/c1-4-16-34(17-5-1)30-37-22-10-11-23-39(37)41-25-13-12-24-40(41)38-28-29-48-44(31-38)45-32-47-43(42-26-14-15-27-46(42)53-47)33-49(45)57(48)52-55-50(35-18-6-2-7-19-35)54-51(56-52)36-20-8-3-9-21-36/h1-29,31-33,53H,30H2. The first kappa shape index (κ1) is 32.8. The van der Waals surface area contributed by atoms with E-state index < -0.39 is 0 Å². The molecule has 0 aliphatic rings. The minimum atomic E-state index is 0.574. The summed E-state index contributed by atoms with van der Waals surface area (Å²) in [5.74, 6) is 1.83. The zero-order valence-electron chi connectivity index (χ0n) is 31.0. The summed E-state index contributed by atoms with van der Waals surface area (Å²) in [4.78, 5) is 19.1. The van der Waals surface area contributed by atoms with Crippen molar-refractivity contribution in [2.75, 3.05) is 0 Å². The van der Waals surface area contributed by atoms with Crippen molar-refractivity contribution in [1.29, 1.82) is 0 Å². The Morgan fingerprint density at radius 2 is 0.982 bits per heavy atom. The number of para-hydroxylation sites is 1. The van der Waals surface area contributed by atoms with Crippen LogP contribution in [0.15, 0.2) is 194 Å². The SMILES string of the molecule is c1ccc(Cc2ccccc2-c2ccccc2-c2ccc3c(c2)c2cc4[nH]c5ccccc5c4cc2n3-c2nc(-c3ccccc3)nc(-c3ccccc3)n2)cc1. The summed E-state index contributed by atoms with van der Waals surface area (Å²) in [6, 6.07) is 68.5. The molecule has 0 aliphatic heterocycles. The Balaban J connectivity index is 1.16. The predicted molar refractivity (Wildman–Crippen MR) is 235 cm³/mol. The van der Waals surface area contributed by atoms with Gasteiger partial charge in [0.1, 0.15) is 0 Å². The Morgan fingerprint density at radius 3 is 1.72 bits per heavy atom. The molecule has 0 aliphatic carbocycles. The summed E-state index contributed by atoms with van der Waals surface area (Å²) < 4.78 is 2.22. The van der Waals surface area contributed by atoms with Crippen LogP contribution in [0.2, 0.25) is 0 Å². The molecule has 1 N–H and O–H groups in total. The largest absolute Gasteiger partial charge is 0.354 e. The molecule has 0 atom stereocenters. The molecule has 0 fully saturated rings. The Hall–Kier alpha value is -7.63. The Kier molecular flexibility index (Phi) is 7.81. The van der Waals surface area contributed by atoms with Crippen molar-refractivity contribution in [3.8, 4) is 51.0 Å². The molecular weight excluding hydrogens is 695 g/mol. The maximum Gasteiger partial charge on any atom is 0.238 e. The van der Waals surface area contributed by atoms with E-state index in [2.05, 4.69) is 167 Å². The van der Waals surface area contributed by atoms with Crippen LogP contribution >= 0.6 is 0 Å². The number of nitrogens with zero attached hydrogens (tertiary/aromatic N) is 4. The summed E-state index contributed by atoms with van der Waals surface area (Å²) in [5.41, 5.74) is 13.5. The van der Waals surface area contributed by atoms with Crippen LogP contribution in [0, 0.1) is 0 Å². The average molecular weight is 730 g/mol. The second-order valence-electron chi connectivity index (χ2n) is 14.5. The summed E-state index contributed by atoms with van der Waals surface area (Å²) in [7, 11) is 0. The number of nitrogens with one attached hydrogen (secondary N) is 1. The van der Waals surface area contributed by atoms with E-state index in [0.29, 0.717) is 17.6 Å². The number of benzene rings is 8. The molecule has 5 nitrogen and oxygen atoms in total. The third-order valence-corrected chi connectivity index (χ3v) is 11.1. The highest BCUT2D eigenvalue weighted by molar-refractivity contribution is 6.18. The fourth-order valence-electron chi connectivity index (χ4n) is 8.37. The van der Waals surface area contributed by atoms with Gasteiger partial charge in [-0.25, -0.2) is 4.98 Å². The molecule has 0 unspecified atom stereocenters. The third kappa shape index (κ3) is 5.76. The van der Waals surface area contributed by atoms with Crippen molar-refractivity contribution in [2.45, 2.75) is 6.42 Å². The van der Waals surface area contributed by atoms with Crippen LogP contribution in [0.5, 0.6) is 0 Å². The Bertz CT molecular complexity index is 3200. The molecule has 57 heavy (non-hydrogen) atoms. The van der Waals surface area contributed by atoms with Crippen molar-refractivity contribution < 1.29 is 0 Å². The first-order valence-corrected chi connectivity index (χ1v) is 19.3. The Labute approximate surface area is 329 Å². The van der Waals surface area contributed by atoms with Gasteiger partial charge < -0.3 is 4.98 Å². The van der Waals surface area contributed by atoms with E-state index in [9.17, 15) is 0 Å². The summed E-state index contributed by atoms with van der Waals surface area (Å²) >= 11 is 0. The molecule has 0 radical (unpaired) electrons. The molecule has 11 aromatic rings. The number of aromatic nitrogens is 5. The summed E-state index contributed by atoms with van der Waals surface area (Å²) in [6.07, 6.45) is 0.861. The molecule has 5 heteroatoms. The lowest BCUT2D eigenvalue weighted by Crippen LogP contribution is -2.06. The van der Waals surface area contributed by atoms with Gasteiger partial charge in [-0.3, -0.25) is 4.57 Å². The monoisotopic (exact) mass is 729 g/mol. The van der Waals surface area contributed by atoms with Crippen molar-refractivity contribution in [2.24, 2.45) is 0 Å². The molecular formula is C52H35N5. The van der Waals surface area contributed by atoms with E-state index in [1.807, 2.05) is 36.4 Å². The van der Waals surface area contributed by atoms with Crippen LogP contribution in [0.3, 0.4) is 0 Å². The molecule has 0 saturated heterocycles. The minimum Gasteiger partial charge on any atom is -0.354 e. The number of hydrogen-bond donors (Lipinski definition) is 1. The van der Waals surface area contributed by atoms with E-state index >= 15 is 0 Å². The highest BCUT2D eigenvalue weighted by Gasteiger charge is 2.21. The highest BCUT2D eigenvalue weighted by atomic mass is 15.2. The fourth-order valence-corrected chi connectivity index (χ4v) is 8.37. The van der Waals surface area contributed by atoms with Crippen LogP contribution in [0.4, 0.5) is 0 Å². The topological polar surface area (TPSA) is 59.4 Å². The van der Waals surface area contributed by atoms with Gasteiger partial charge in [0.25, 0.3) is 0 Å². The molecule has 268 valence electrons. The van der Waals surface area contributed by atoms with Gasteiger partial charge in [0.15, 0.2) is 11.6 Å². The summed E-state index contributed by atoms with van der Waals surface area (Å²) in [6.45, 7) is 0. The molecule has 3 aromatic heterocycles. The zero-order chi connectivity index (χ0) is 37.7. The number of rotatable bonds is 7. The van der Waals surface area contributed by atoms with E-state index in [4.69, 9.17) is 15.0 Å². The lowest BCUT2D eigenvalue weighted by atomic mass is 9.89. The second-order valence-corrected chi connectivity index (χ2v) is 14.5. The molecule has 0 saturated carbocycles. The predicted octanol–water partition coefficient (Wildman–Crippen LogP) is 12.9. The molecule has 8 aromatic carbocycles. The van der Waals surface area contributed by atoms with Gasteiger partial charge in [-0.15, -0.1) is 0 Å². The normalized spacial score (nSPS) is 11.6. The lowest BCUT2D eigenvalue weighted by molar-refractivity contribution is 0.954. The van der Waals surface area contributed by atoms with Crippen molar-refractivity contribution in [3.05, 3.63) is 205 Å². The van der Waals surface area contributed by atoms with Gasteiger partial charge >= 0.3 is 0 Å². The number of H-pyrrole nitrogens is 1. The minimum absolute atomic E-state index is 0.574. The van der Waals surface area contributed by atoms with Gasteiger partial charge in [0.2, 0.25) is 5.95 Å². The lowest BCUT2D eigenvalue weighted by Gasteiger charge is -2.15. The second kappa shape index (κ2) is 13.6. The van der Waals surface area contributed by atoms with E-state index in [-0.39, 0.29) is 0 Å². The van der Waals surface area contributed by atoms with Gasteiger partial charge in [-0.05, 0) is 70.1 Å². The van der Waals surface area contributed by atoms with Crippen molar-refractivity contribution >= 4 is 43.6 Å². The molecule has 0 spiro atoms. The first-order chi connectivity index (χ1) is 28.2. The van der Waals surface area contributed by atoms with E-state index in [1.54, 1.807) is 0 Å². The van der Waals surface area contributed by atoms with E-state index in [1.165, 1.54) is 33.2 Å². The third-order valence-electron chi connectivity index (χ3n) is 11.1. The zero-order valence-corrected chi connectivity index (χ0v) is 31.0. The van der Waals surface area contributed by atoms with Crippen LogP contribution in [-0.2, 0) is 6.42 Å². The van der Waals surface area contributed by atoms with Crippen molar-refractivity contribution in [1.82, 2.24) is 24.5 Å². The first-order valence-electron chi connectivity index (χ1n) is 19.3. The Morgan fingerprint density at radius 1 is 0.386 bits per heavy atom. The average Bonchev–Trinajstić information content (AvgIpc) is 3.81. The smallest absolute Gasteiger partial charge is 0.238 e. The maximum atomic E-state index is 5.21. The van der Waals surface area contributed by atoms with Crippen LogP contribution < -0.4 is 0 Å². The van der Waals surface area contributed by atoms with Gasteiger partial charge in [-0.1, -0.05) is 164 Å². The number of aromatic amines is 1. The quantitative estimate of drug-likeness (QED) is 0.178. The van der Waals surface area contributed by atoms with Crippen LogP contribution in [0.25, 0.3) is 94.6 Å². The molecule has 11 rings (SSSR count). The van der Waals surface area contributed by atoms with Gasteiger partial charge in [0.05, 0.1) is 11.0 Å². The van der Waals surface area contributed by atoms with Crippen LogP contribution in [-0.4, -0.2) is 24.5 Å². The van der Waals surface area contributed by atoms with Gasteiger partial charge in [0, 0.05) is 43.7 Å². The molecule has 3 heterocycles. The molecule has 0 amide bonds. The fraction of sp³-hybridized carbons (Fsp3) is 0.0192. The highest BCUT2D eigenvalue weighted by Crippen LogP contribution is 2.41.